The maximum Gasteiger partial charge on any atom is 0.269 e. The monoisotopic (exact) mass is 499 g/mol. The number of aryl methyl sites for hydroxylation is 1. The number of pyridine rings is 1. The first-order valence-electron chi connectivity index (χ1n) is 12.7. The summed E-state index contributed by atoms with van der Waals surface area (Å²) in [6.07, 6.45) is 2.71. The smallest absolute Gasteiger partial charge is 0.269 e. The van der Waals surface area contributed by atoms with Crippen LogP contribution < -0.4 is 20.7 Å². The van der Waals surface area contributed by atoms with Crippen LogP contribution >= 0.6 is 0 Å². The Kier molecular flexibility index (Phi) is 7.34. The zero-order valence-corrected chi connectivity index (χ0v) is 21.5. The summed E-state index contributed by atoms with van der Waals surface area (Å²) < 4.78 is 8.01. The Morgan fingerprint density at radius 3 is 2.73 bits per heavy atom. The minimum Gasteiger partial charge on any atom is -0.457 e. The van der Waals surface area contributed by atoms with Crippen molar-refractivity contribution in [3.8, 4) is 11.5 Å². The van der Waals surface area contributed by atoms with Crippen LogP contribution in [0.4, 0.5) is 11.6 Å². The second-order valence-corrected chi connectivity index (χ2v) is 9.26. The highest BCUT2D eigenvalue weighted by Gasteiger charge is 2.20. The van der Waals surface area contributed by atoms with E-state index >= 15 is 0 Å². The Balaban J connectivity index is 1.28. The molecular weight excluding hydrogens is 466 g/mol. The minimum absolute atomic E-state index is 0.261. The van der Waals surface area contributed by atoms with Gasteiger partial charge >= 0.3 is 0 Å². The van der Waals surface area contributed by atoms with E-state index in [-0.39, 0.29) is 5.91 Å². The molecule has 0 radical (unpaired) electrons. The molecule has 4 aromatic rings. The molecule has 3 heterocycles. The number of ether oxygens (including phenoxy) is 1. The van der Waals surface area contributed by atoms with Gasteiger partial charge in [-0.2, -0.15) is 0 Å². The van der Waals surface area contributed by atoms with Crippen LogP contribution in [0.3, 0.4) is 0 Å². The molecule has 1 amide bonds. The largest absolute Gasteiger partial charge is 0.457 e. The molecule has 192 valence electrons. The third-order valence-electron chi connectivity index (χ3n) is 6.82. The van der Waals surface area contributed by atoms with Crippen molar-refractivity contribution < 1.29 is 9.53 Å². The Hall–Kier alpha value is -3.95. The van der Waals surface area contributed by atoms with Crippen LogP contribution in [-0.2, 0) is 13.6 Å². The number of piperazine rings is 1. The van der Waals surface area contributed by atoms with Gasteiger partial charge in [-0.05, 0) is 42.3 Å². The van der Waals surface area contributed by atoms with Gasteiger partial charge in [-0.15, -0.1) is 0 Å². The third-order valence-corrected chi connectivity index (χ3v) is 6.82. The molecule has 2 aromatic heterocycles. The van der Waals surface area contributed by atoms with Gasteiger partial charge in [0.05, 0.1) is 11.0 Å². The summed E-state index contributed by atoms with van der Waals surface area (Å²) in [5.74, 6) is 1.66. The normalized spacial score (nSPS) is 16.0. The van der Waals surface area contributed by atoms with Crippen LogP contribution in [-0.4, -0.2) is 58.1 Å². The first kappa shape index (κ1) is 24.7. The van der Waals surface area contributed by atoms with Gasteiger partial charge < -0.3 is 25.3 Å². The fraction of sp³-hybridized carbons (Fsp3) is 0.321. The van der Waals surface area contributed by atoms with E-state index in [1.807, 2.05) is 29.8 Å². The molecule has 37 heavy (non-hydrogen) atoms. The summed E-state index contributed by atoms with van der Waals surface area (Å²) in [4.78, 5) is 23.3. The van der Waals surface area contributed by atoms with E-state index in [0.717, 1.165) is 55.3 Å². The molecule has 2 aromatic carbocycles. The number of rotatable bonds is 8. The molecule has 0 bridgehead atoms. The van der Waals surface area contributed by atoms with Crippen molar-refractivity contribution in [2.45, 2.75) is 25.9 Å². The van der Waals surface area contributed by atoms with E-state index in [0.29, 0.717) is 23.2 Å². The quantitative estimate of drug-likeness (QED) is 0.337. The van der Waals surface area contributed by atoms with Crippen molar-refractivity contribution >= 4 is 28.6 Å². The Labute approximate surface area is 216 Å². The second-order valence-electron chi connectivity index (χ2n) is 9.26. The van der Waals surface area contributed by atoms with E-state index < -0.39 is 0 Å². The highest BCUT2D eigenvalue weighted by molar-refractivity contribution is 5.92. The predicted molar refractivity (Wildman–Crippen MR) is 145 cm³/mol. The first-order valence-corrected chi connectivity index (χ1v) is 12.7. The number of carbonyl (C=O) groups is 1. The van der Waals surface area contributed by atoms with E-state index in [4.69, 9.17) is 9.72 Å². The number of nitrogens with zero attached hydrogens (tertiary/aromatic N) is 4. The van der Waals surface area contributed by atoms with E-state index in [2.05, 4.69) is 57.0 Å². The van der Waals surface area contributed by atoms with Crippen LogP contribution in [0.2, 0.25) is 0 Å². The van der Waals surface area contributed by atoms with E-state index in [9.17, 15) is 4.79 Å². The molecule has 1 saturated heterocycles. The van der Waals surface area contributed by atoms with Crippen LogP contribution in [0.5, 0.6) is 11.5 Å². The fourth-order valence-electron chi connectivity index (χ4n) is 4.69. The number of nitrogens with one attached hydrogen (secondary N) is 3. The van der Waals surface area contributed by atoms with Crippen LogP contribution in [0.1, 0.15) is 29.4 Å². The maximum atomic E-state index is 11.9. The molecule has 3 N–H and O–H groups in total. The van der Waals surface area contributed by atoms with Gasteiger partial charge in [-0.1, -0.05) is 19.1 Å². The summed E-state index contributed by atoms with van der Waals surface area (Å²) in [5.41, 5.74) is 4.40. The minimum atomic E-state index is -0.261. The highest BCUT2D eigenvalue weighted by atomic mass is 16.5. The summed E-state index contributed by atoms with van der Waals surface area (Å²) in [5, 5.41) is 9.50. The average molecular weight is 500 g/mol. The maximum absolute atomic E-state index is 11.9. The fourth-order valence-corrected chi connectivity index (χ4v) is 4.69. The Morgan fingerprint density at radius 1 is 1.14 bits per heavy atom. The van der Waals surface area contributed by atoms with Crippen molar-refractivity contribution in [1.29, 1.82) is 0 Å². The number of fused-ring (bicyclic) bond motifs is 1. The number of aromatic nitrogens is 3. The average Bonchev–Trinajstić information content (AvgIpc) is 3.23. The second kappa shape index (κ2) is 11.0. The van der Waals surface area contributed by atoms with Crippen LogP contribution in [0.25, 0.3) is 11.0 Å². The lowest BCUT2D eigenvalue weighted by atomic mass is 10.1. The molecule has 0 saturated carbocycles. The van der Waals surface area contributed by atoms with Crippen molar-refractivity contribution in [1.82, 2.24) is 30.1 Å². The van der Waals surface area contributed by atoms with Crippen molar-refractivity contribution in [3.63, 3.8) is 0 Å². The molecule has 0 aliphatic carbocycles. The van der Waals surface area contributed by atoms with E-state index in [1.165, 1.54) is 5.56 Å². The molecule has 1 unspecified atom stereocenters. The van der Waals surface area contributed by atoms with Gasteiger partial charge in [0.15, 0.2) is 0 Å². The number of hydrogen-bond donors (Lipinski definition) is 3. The highest BCUT2D eigenvalue weighted by Crippen LogP contribution is 2.28. The number of imidazole rings is 1. The molecule has 9 nitrogen and oxygen atoms in total. The molecule has 1 fully saturated rings. The number of anilines is 2. The molecule has 1 aliphatic heterocycles. The van der Waals surface area contributed by atoms with E-state index in [1.54, 1.807) is 25.4 Å². The van der Waals surface area contributed by atoms with Gasteiger partial charge in [0.2, 0.25) is 5.95 Å². The topological polar surface area (TPSA) is 96.3 Å². The van der Waals surface area contributed by atoms with Gasteiger partial charge in [0.1, 0.15) is 17.2 Å². The van der Waals surface area contributed by atoms with Crippen molar-refractivity contribution in [3.05, 3.63) is 72.1 Å². The molecule has 0 spiro atoms. The summed E-state index contributed by atoms with van der Waals surface area (Å²) in [7, 11) is 3.56. The van der Waals surface area contributed by atoms with Crippen LogP contribution in [0.15, 0.2) is 60.8 Å². The summed E-state index contributed by atoms with van der Waals surface area (Å²) in [6, 6.07) is 18.3. The molecule has 9 heteroatoms. The van der Waals surface area contributed by atoms with Gasteiger partial charge in [0, 0.05) is 70.3 Å². The lowest BCUT2D eigenvalue weighted by Crippen LogP contribution is -2.50. The number of benzene rings is 2. The predicted octanol–water partition coefficient (Wildman–Crippen LogP) is 4.05. The van der Waals surface area contributed by atoms with Gasteiger partial charge in [0.25, 0.3) is 5.91 Å². The number of amides is 1. The Bertz CT molecular complexity index is 1380. The SMILES string of the molecule is CCC1CNCCN1Cc1ccc(Nc2nc3cc(Oc4ccnc(C(=O)NC)c4)ccc3n2C)cc1. The molecule has 1 atom stereocenters. The molecule has 1 aliphatic rings. The zero-order chi connectivity index (χ0) is 25.8. The van der Waals surface area contributed by atoms with Gasteiger partial charge in [-0.25, -0.2) is 4.98 Å². The third kappa shape index (κ3) is 5.58. The Morgan fingerprint density at radius 2 is 1.95 bits per heavy atom. The summed E-state index contributed by atoms with van der Waals surface area (Å²) >= 11 is 0. The molecular formula is C28H33N7O2. The van der Waals surface area contributed by atoms with Crippen LogP contribution in [0, 0.1) is 0 Å². The van der Waals surface area contributed by atoms with Crippen molar-refractivity contribution in [2.75, 3.05) is 32.0 Å². The van der Waals surface area contributed by atoms with Gasteiger partial charge in [-0.3, -0.25) is 14.7 Å². The standard InChI is InChI=1S/C28H33N7O2/c1-4-21-17-30-13-14-35(21)18-19-5-7-20(8-6-19)32-28-33-24-15-22(9-10-26(24)34(28)3)37-23-11-12-31-25(16-23)27(36)29-2/h5-12,15-16,21,30H,4,13-14,17-18H2,1-3H3,(H,29,36)(H,32,33). The number of hydrogen-bond acceptors (Lipinski definition) is 7. The number of carbonyl (C=O) groups excluding carboxylic acids is 1. The lowest BCUT2D eigenvalue weighted by molar-refractivity contribution is 0.0958. The van der Waals surface area contributed by atoms with Crippen molar-refractivity contribution in [2.24, 2.45) is 7.05 Å². The zero-order valence-electron chi connectivity index (χ0n) is 21.5. The lowest BCUT2D eigenvalue weighted by Gasteiger charge is -2.35. The molecule has 5 rings (SSSR count). The first-order chi connectivity index (χ1) is 18.0. The summed E-state index contributed by atoms with van der Waals surface area (Å²) in [6.45, 7) is 6.43.